The normalized spacial score (nSPS) is 12.0. The van der Waals surface area contributed by atoms with E-state index in [-0.39, 0.29) is 11.3 Å². The van der Waals surface area contributed by atoms with Gasteiger partial charge in [-0.1, -0.05) is 17.7 Å². The van der Waals surface area contributed by atoms with Crippen LogP contribution in [0.3, 0.4) is 0 Å². The molecule has 0 heterocycles. The molecular formula is C19H20ClN3O6S. The minimum atomic E-state index is -3.81. The molecule has 11 heteroatoms. The van der Waals surface area contributed by atoms with Crippen LogP contribution >= 0.6 is 11.6 Å². The minimum Gasteiger partial charge on any atom is -0.451 e. The van der Waals surface area contributed by atoms with Crippen LogP contribution in [0.4, 0.5) is 11.4 Å². The van der Waals surface area contributed by atoms with Gasteiger partial charge in [0.05, 0.1) is 11.9 Å². The SMILES string of the molecule is C[C@@H](OC(=O)CN(c1cccc(Cl)c1)S(C)(=O)=O)C(=O)Nc1ccc(C(N)=O)cc1. The zero-order valence-corrected chi connectivity index (χ0v) is 17.7. The number of benzene rings is 2. The molecule has 3 N–H and O–H groups in total. The quantitative estimate of drug-likeness (QED) is 0.584. The number of nitrogens with one attached hydrogen (secondary N) is 1. The van der Waals surface area contributed by atoms with E-state index >= 15 is 0 Å². The van der Waals surface area contributed by atoms with Gasteiger partial charge in [-0.2, -0.15) is 0 Å². The Morgan fingerprint density at radius 2 is 1.80 bits per heavy atom. The highest BCUT2D eigenvalue weighted by atomic mass is 35.5. The zero-order chi connectivity index (χ0) is 22.5. The van der Waals surface area contributed by atoms with E-state index in [4.69, 9.17) is 22.1 Å². The maximum Gasteiger partial charge on any atom is 0.327 e. The molecule has 0 saturated heterocycles. The molecule has 2 aromatic carbocycles. The second kappa shape index (κ2) is 9.59. The molecule has 0 bridgehead atoms. The van der Waals surface area contributed by atoms with Crippen molar-refractivity contribution in [3.8, 4) is 0 Å². The highest BCUT2D eigenvalue weighted by Gasteiger charge is 2.25. The molecule has 30 heavy (non-hydrogen) atoms. The van der Waals surface area contributed by atoms with Gasteiger partial charge in [-0.3, -0.25) is 18.7 Å². The molecule has 0 radical (unpaired) electrons. The van der Waals surface area contributed by atoms with Crippen molar-refractivity contribution in [2.75, 3.05) is 22.4 Å². The van der Waals surface area contributed by atoms with E-state index in [9.17, 15) is 22.8 Å². The summed E-state index contributed by atoms with van der Waals surface area (Å²) in [5.74, 6) is -2.17. The van der Waals surface area contributed by atoms with Crippen LogP contribution in [0.2, 0.25) is 5.02 Å². The Morgan fingerprint density at radius 3 is 2.33 bits per heavy atom. The van der Waals surface area contributed by atoms with Gasteiger partial charge in [0.25, 0.3) is 5.91 Å². The Bertz CT molecular complexity index is 1060. The molecule has 0 spiro atoms. The first-order chi connectivity index (χ1) is 14.0. The number of sulfonamides is 1. The molecule has 2 aromatic rings. The summed E-state index contributed by atoms with van der Waals surface area (Å²) in [7, 11) is -3.81. The van der Waals surface area contributed by atoms with E-state index in [1.165, 1.54) is 43.3 Å². The van der Waals surface area contributed by atoms with Crippen LogP contribution in [0.1, 0.15) is 17.3 Å². The number of esters is 1. The second-order valence-electron chi connectivity index (χ2n) is 6.31. The summed E-state index contributed by atoms with van der Waals surface area (Å²) < 4.78 is 30.0. The van der Waals surface area contributed by atoms with Gasteiger partial charge in [-0.25, -0.2) is 8.42 Å². The summed E-state index contributed by atoms with van der Waals surface area (Å²) in [5.41, 5.74) is 5.98. The average Bonchev–Trinajstić information content (AvgIpc) is 2.65. The molecule has 0 saturated carbocycles. The van der Waals surface area contributed by atoms with Gasteiger partial charge < -0.3 is 15.8 Å². The molecular weight excluding hydrogens is 434 g/mol. The number of nitrogens with two attached hydrogens (primary N) is 1. The number of anilines is 2. The van der Waals surface area contributed by atoms with E-state index in [1.54, 1.807) is 12.1 Å². The molecule has 2 rings (SSSR count). The lowest BCUT2D eigenvalue weighted by molar-refractivity contribution is -0.151. The first kappa shape index (κ1) is 23.2. The van der Waals surface area contributed by atoms with E-state index in [1.807, 2.05) is 0 Å². The minimum absolute atomic E-state index is 0.189. The lowest BCUT2D eigenvalue weighted by Gasteiger charge is -2.22. The molecule has 1 atom stereocenters. The van der Waals surface area contributed by atoms with Gasteiger partial charge in [0, 0.05) is 16.3 Å². The predicted molar refractivity (Wildman–Crippen MR) is 113 cm³/mol. The van der Waals surface area contributed by atoms with Gasteiger partial charge in [0.2, 0.25) is 15.9 Å². The third-order valence-corrected chi connectivity index (χ3v) is 5.26. The Balaban J connectivity index is 2.02. The highest BCUT2D eigenvalue weighted by molar-refractivity contribution is 7.92. The standard InChI is InChI=1S/C19H20ClN3O6S/c1-12(19(26)22-15-8-6-13(7-9-15)18(21)25)29-17(24)11-23(30(2,27)28)16-5-3-4-14(20)10-16/h3-10,12H,11H2,1-2H3,(H2,21,25)(H,22,26)/t12-/m1/s1. The molecule has 160 valence electrons. The van der Waals surface area contributed by atoms with Gasteiger partial charge in [-0.15, -0.1) is 0 Å². The largest absolute Gasteiger partial charge is 0.451 e. The van der Waals surface area contributed by atoms with Crippen molar-refractivity contribution in [1.29, 1.82) is 0 Å². The molecule has 0 aliphatic carbocycles. The summed E-state index contributed by atoms with van der Waals surface area (Å²) in [6.45, 7) is 0.708. The highest BCUT2D eigenvalue weighted by Crippen LogP contribution is 2.22. The molecule has 0 unspecified atom stereocenters. The van der Waals surface area contributed by atoms with Crippen LogP contribution in [0, 0.1) is 0 Å². The summed E-state index contributed by atoms with van der Waals surface area (Å²) in [4.78, 5) is 35.6. The fraction of sp³-hybridized carbons (Fsp3) is 0.211. The van der Waals surface area contributed by atoms with Crippen LogP contribution in [0.15, 0.2) is 48.5 Å². The number of hydrogen-bond donors (Lipinski definition) is 2. The second-order valence-corrected chi connectivity index (χ2v) is 8.66. The zero-order valence-electron chi connectivity index (χ0n) is 16.2. The van der Waals surface area contributed by atoms with Crippen LogP contribution in [0.5, 0.6) is 0 Å². The van der Waals surface area contributed by atoms with Crippen molar-refractivity contribution in [2.45, 2.75) is 13.0 Å². The molecule has 0 aromatic heterocycles. The Morgan fingerprint density at radius 1 is 1.17 bits per heavy atom. The predicted octanol–water partition coefficient (Wildman–Crippen LogP) is 1.78. The molecule has 0 aliphatic rings. The number of hydrogen-bond acceptors (Lipinski definition) is 6. The molecule has 2 amide bonds. The van der Waals surface area contributed by atoms with Crippen molar-refractivity contribution in [2.24, 2.45) is 5.73 Å². The van der Waals surface area contributed by atoms with Gasteiger partial charge in [0.1, 0.15) is 6.54 Å². The molecule has 9 nitrogen and oxygen atoms in total. The number of nitrogens with zero attached hydrogens (tertiary/aromatic N) is 1. The first-order valence-corrected chi connectivity index (χ1v) is 10.8. The number of primary amides is 1. The number of rotatable bonds is 8. The van der Waals surface area contributed by atoms with Gasteiger partial charge in [0.15, 0.2) is 6.10 Å². The van der Waals surface area contributed by atoms with Crippen molar-refractivity contribution < 1.29 is 27.5 Å². The van der Waals surface area contributed by atoms with Crippen molar-refractivity contribution in [3.63, 3.8) is 0 Å². The maximum atomic E-state index is 12.3. The summed E-state index contributed by atoms with van der Waals surface area (Å²) in [6.07, 6.45) is -0.262. The van der Waals surface area contributed by atoms with Crippen molar-refractivity contribution >= 4 is 50.8 Å². The lowest BCUT2D eigenvalue weighted by Crippen LogP contribution is -2.38. The fourth-order valence-corrected chi connectivity index (χ4v) is 3.42. The fourth-order valence-electron chi connectivity index (χ4n) is 2.40. The Hall–Kier alpha value is -3.11. The monoisotopic (exact) mass is 453 g/mol. The topological polar surface area (TPSA) is 136 Å². The average molecular weight is 454 g/mol. The van der Waals surface area contributed by atoms with E-state index in [2.05, 4.69) is 5.32 Å². The van der Waals surface area contributed by atoms with E-state index < -0.39 is 40.5 Å². The van der Waals surface area contributed by atoms with Gasteiger partial charge >= 0.3 is 5.97 Å². The van der Waals surface area contributed by atoms with Crippen LogP contribution in [-0.2, 0) is 24.3 Å². The number of amides is 2. The van der Waals surface area contributed by atoms with E-state index in [0.717, 1.165) is 10.6 Å². The number of carbonyl (C=O) groups is 3. The van der Waals surface area contributed by atoms with Crippen molar-refractivity contribution in [1.82, 2.24) is 0 Å². The number of halogens is 1. The Kier molecular flexibility index (Phi) is 7.41. The van der Waals surface area contributed by atoms with Crippen LogP contribution in [0.25, 0.3) is 0 Å². The molecule has 0 aliphatic heterocycles. The van der Waals surface area contributed by atoms with Gasteiger partial charge in [-0.05, 0) is 49.4 Å². The summed E-state index contributed by atoms with van der Waals surface area (Å²) in [5, 5.41) is 2.81. The third-order valence-electron chi connectivity index (χ3n) is 3.88. The first-order valence-electron chi connectivity index (χ1n) is 8.61. The summed E-state index contributed by atoms with van der Waals surface area (Å²) in [6, 6.07) is 11.8. The number of ether oxygens (including phenoxy) is 1. The summed E-state index contributed by atoms with van der Waals surface area (Å²) >= 11 is 5.89. The number of carbonyl (C=O) groups excluding carboxylic acids is 3. The smallest absolute Gasteiger partial charge is 0.327 e. The third kappa shape index (κ3) is 6.46. The lowest BCUT2D eigenvalue weighted by atomic mass is 10.2. The molecule has 0 fully saturated rings. The van der Waals surface area contributed by atoms with Crippen LogP contribution < -0.4 is 15.4 Å². The van der Waals surface area contributed by atoms with Crippen molar-refractivity contribution in [3.05, 3.63) is 59.1 Å². The Labute approximate surface area is 178 Å². The van der Waals surface area contributed by atoms with E-state index in [0.29, 0.717) is 10.7 Å². The maximum absolute atomic E-state index is 12.3. The van der Waals surface area contributed by atoms with Crippen LogP contribution in [-0.4, -0.2) is 45.1 Å².